The number of rotatable bonds is 10. The summed E-state index contributed by atoms with van der Waals surface area (Å²) in [5.41, 5.74) is 2.37. The molecule has 192 valence electrons. The van der Waals surface area contributed by atoms with Crippen LogP contribution in [0.5, 0.6) is 5.75 Å². The molecule has 5 rings (SSSR count). The zero-order valence-corrected chi connectivity index (χ0v) is 21.9. The number of carbonyl (C=O) groups excluding carboxylic acids is 2. The molecule has 1 fully saturated rings. The molecule has 0 aromatic heterocycles. The smallest absolute Gasteiger partial charge is 0.261 e. The van der Waals surface area contributed by atoms with Crippen molar-refractivity contribution in [3.63, 3.8) is 0 Å². The standard InChI is InChI=1S/C30H33N3O3S/c1-2-7-22-8-3-4-13-27(22)36-21-24(37)20-32-16-14-31(15-17-32)18-19-33-29(34)25-11-5-9-23-10-6-12-26(28(23)25)30(33)35/h2-6,8-13,24,37H,1,7,14-21H2/t24-/m1/s1. The Balaban J connectivity index is 1.09. The van der Waals surface area contributed by atoms with Crippen LogP contribution in [0.15, 0.2) is 73.3 Å². The van der Waals surface area contributed by atoms with Gasteiger partial charge in [-0.3, -0.25) is 24.3 Å². The van der Waals surface area contributed by atoms with E-state index in [1.54, 1.807) is 0 Å². The molecule has 7 heteroatoms. The fourth-order valence-corrected chi connectivity index (χ4v) is 5.53. The van der Waals surface area contributed by atoms with E-state index in [0.29, 0.717) is 30.8 Å². The minimum Gasteiger partial charge on any atom is -0.492 e. The average molecular weight is 516 g/mol. The van der Waals surface area contributed by atoms with Gasteiger partial charge in [-0.05, 0) is 35.6 Å². The number of ether oxygens (including phenoxy) is 1. The fourth-order valence-electron chi connectivity index (χ4n) is 5.23. The third-order valence-corrected chi connectivity index (χ3v) is 7.51. The maximum atomic E-state index is 13.1. The van der Waals surface area contributed by atoms with E-state index in [0.717, 1.165) is 61.2 Å². The third kappa shape index (κ3) is 5.59. The first kappa shape index (κ1) is 25.5. The summed E-state index contributed by atoms with van der Waals surface area (Å²) < 4.78 is 6.06. The Morgan fingerprint density at radius 1 is 0.865 bits per heavy atom. The molecule has 2 amide bonds. The predicted octanol–water partition coefficient (Wildman–Crippen LogP) is 4.16. The summed E-state index contributed by atoms with van der Waals surface area (Å²) in [6.45, 7) is 9.94. The number of thiol groups is 1. The van der Waals surface area contributed by atoms with Crippen molar-refractivity contribution in [1.29, 1.82) is 0 Å². The molecule has 0 aliphatic carbocycles. The summed E-state index contributed by atoms with van der Waals surface area (Å²) in [6, 6.07) is 19.4. The minimum absolute atomic E-state index is 0.106. The number of nitrogens with zero attached hydrogens (tertiary/aromatic N) is 3. The number of imide groups is 1. The van der Waals surface area contributed by atoms with Crippen molar-refractivity contribution in [3.05, 3.63) is 90.0 Å². The van der Waals surface area contributed by atoms with Crippen LogP contribution in [0.2, 0.25) is 0 Å². The summed E-state index contributed by atoms with van der Waals surface area (Å²) in [7, 11) is 0. The molecule has 2 aliphatic rings. The number of benzene rings is 3. The molecule has 0 radical (unpaired) electrons. The molecule has 3 aromatic rings. The minimum atomic E-state index is -0.194. The number of amides is 2. The first-order chi connectivity index (χ1) is 18.0. The summed E-state index contributed by atoms with van der Waals surface area (Å²) in [5, 5.41) is 1.82. The van der Waals surface area contributed by atoms with Gasteiger partial charge >= 0.3 is 0 Å². The number of hydrogen-bond acceptors (Lipinski definition) is 6. The highest BCUT2D eigenvalue weighted by atomic mass is 32.1. The summed E-state index contributed by atoms with van der Waals surface area (Å²) in [4.78, 5) is 32.4. The monoisotopic (exact) mass is 515 g/mol. The van der Waals surface area contributed by atoms with Crippen LogP contribution in [0.3, 0.4) is 0 Å². The van der Waals surface area contributed by atoms with Crippen molar-refractivity contribution in [2.24, 2.45) is 0 Å². The van der Waals surface area contributed by atoms with Gasteiger partial charge in [-0.25, -0.2) is 0 Å². The lowest BCUT2D eigenvalue weighted by molar-refractivity contribution is 0.0572. The van der Waals surface area contributed by atoms with Gasteiger partial charge in [0.2, 0.25) is 0 Å². The molecule has 3 aromatic carbocycles. The van der Waals surface area contributed by atoms with Crippen LogP contribution in [0.25, 0.3) is 10.8 Å². The molecule has 0 N–H and O–H groups in total. The van der Waals surface area contributed by atoms with E-state index >= 15 is 0 Å². The van der Waals surface area contributed by atoms with Crippen molar-refractivity contribution < 1.29 is 14.3 Å². The molecule has 1 saturated heterocycles. The highest BCUT2D eigenvalue weighted by molar-refractivity contribution is 7.81. The largest absolute Gasteiger partial charge is 0.492 e. The highest BCUT2D eigenvalue weighted by Gasteiger charge is 2.33. The lowest BCUT2D eigenvalue weighted by atomic mass is 9.94. The van der Waals surface area contributed by atoms with Gasteiger partial charge in [0.15, 0.2) is 0 Å². The van der Waals surface area contributed by atoms with E-state index in [1.807, 2.05) is 60.7 Å². The second kappa shape index (κ2) is 11.5. The third-order valence-electron chi connectivity index (χ3n) is 7.20. The molecule has 0 bridgehead atoms. The van der Waals surface area contributed by atoms with Crippen molar-refractivity contribution in [3.8, 4) is 5.75 Å². The molecule has 2 heterocycles. The van der Waals surface area contributed by atoms with E-state index in [1.165, 1.54) is 4.90 Å². The Kier molecular flexibility index (Phi) is 7.93. The van der Waals surface area contributed by atoms with Gasteiger partial charge in [-0.2, -0.15) is 12.6 Å². The maximum Gasteiger partial charge on any atom is 0.261 e. The van der Waals surface area contributed by atoms with Crippen LogP contribution in [-0.2, 0) is 6.42 Å². The number of allylic oxidation sites excluding steroid dienone is 1. The SMILES string of the molecule is C=CCc1ccccc1OC[C@H](S)CN1CCN(CCN2C(=O)c3cccc4cccc(c34)C2=O)CC1. The number of piperazine rings is 1. The lowest BCUT2D eigenvalue weighted by Crippen LogP contribution is -2.51. The van der Waals surface area contributed by atoms with Gasteiger partial charge in [-0.1, -0.05) is 48.5 Å². The first-order valence-electron chi connectivity index (χ1n) is 12.9. The van der Waals surface area contributed by atoms with E-state index in [2.05, 4.69) is 22.4 Å². The Labute approximate surface area is 223 Å². The predicted molar refractivity (Wildman–Crippen MR) is 151 cm³/mol. The molecular weight excluding hydrogens is 482 g/mol. The summed E-state index contributed by atoms with van der Waals surface area (Å²) >= 11 is 4.77. The van der Waals surface area contributed by atoms with Crippen LogP contribution < -0.4 is 4.74 Å². The summed E-state index contributed by atoms with van der Waals surface area (Å²) in [6.07, 6.45) is 2.67. The molecule has 0 spiro atoms. The summed E-state index contributed by atoms with van der Waals surface area (Å²) in [5.74, 6) is 0.507. The first-order valence-corrected chi connectivity index (χ1v) is 13.4. The van der Waals surface area contributed by atoms with E-state index in [9.17, 15) is 9.59 Å². The van der Waals surface area contributed by atoms with Crippen LogP contribution in [0, 0.1) is 0 Å². The number of carbonyl (C=O) groups is 2. The zero-order chi connectivity index (χ0) is 25.8. The van der Waals surface area contributed by atoms with Gasteiger partial charge in [0.25, 0.3) is 11.8 Å². The van der Waals surface area contributed by atoms with Crippen molar-refractivity contribution in [1.82, 2.24) is 14.7 Å². The van der Waals surface area contributed by atoms with Crippen LogP contribution in [0.1, 0.15) is 26.3 Å². The van der Waals surface area contributed by atoms with Crippen LogP contribution in [0.4, 0.5) is 0 Å². The lowest BCUT2D eigenvalue weighted by Gasteiger charge is -2.37. The Hall–Kier alpha value is -3.13. The zero-order valence-electron chi connectivity index (χ0n) is 21.0. The molecule has 6 nitrogen and oxygen atoms in total. The van der Waals surface area contributed by atoms with Gasteiger partial charge < -0.3 is 4.74 Å². The van der Waals surface area contributed by atoms with Gasteiger partial charge in [-0.15, -0.1) is 6.58 Å². The number of hydrogen-bond donors (Lipinski definition) is 1. The molecule has 1 atom stereocenters. The normalized spacial score (nSPS) is 17.3. The number of para-hydroxylation sites is 1. The second-order valence-electron chi connectivity index (χ2n) is 9.68. The van der Waals surface area contributed by atoms with Crippen molar-refractivity contribution in [2.75, 3.05) is 52.4 Å². The van der Waals surface area contributed by atoms with Crippen molar-refractivity contribution in [2.45, 2.75) is 11.7 Å². The van der Waals surface area contributed by atoms with E-state index in [-0.39, 0.29) is 17.1 Å². The quantitative estimate of drug-likeness (QED) is 0.250. The Morgan fingerprint density at radius 3 is 2.19 bits per heavy atom. The van der Waals surface area contributed by atoms with Crippen LogP contribution in [-0.4, -0.2) is 84.2 Å². The second-order valence-corrected chi connectivity index (χ2v) is 10.4. The molecular formula is C30H33N3O3S. The molecule has 0 unspecified atom stereocenters. The Bertz CT molecular complexity index is 1250. The van der Waals surface area contributed by atoms with E-state index < -0.39 is 0 Å². The fraction of sp³-hybridized carbons (Fsp3) is 0.333. The molecule has 0 saturated carbocycles. The van der Waals surface area contributed by atoms with Crippen LogP contribution >= 0.6 is 12.6 Å². The highest BCUT2D eigenvalue weighted by Crippen LogP contribution is 2.30. The molecule has 2 aliphatic heterocycles. The van der Waals surface area contributed by atoms with Crippen molar-refractivity contribution >= 4 is 35.2 Å². The Morgan fingerprint density at radius 2 is 1.51 bits per heavy atom. The molecule has 37 heavy (non-hydrogen) atoms. The maximum absolute atomic E-state index is 13.1. The average Bonchev–Trinajstić information content (AvgIpc) is 2.92. The van der Waals surface area contributed by atoms with Gasteiger partial charge in [0.05, 0.1) is 0 Å². The van der Waals surface area contributed by atoms with E-state index in [4.69, 9.17) is 17.4 Å². The van der Waals surface area contributed by atoms with Gasteiger partial charge in [0, 0.05) is 67.6 Å². The topological polar surface area (TPSA) is 53.1 Å². The van der Waals surface area contributed by atoms with Gasteiger partial charge in [0.1, 0.15) is 12.4 Å².